The first kappa shape index (κ1) is 7.24. The lowest BCUT2D eigenvalue weighted by atomic mass is 10.5. The van der Waals surface area contributed by atoms with Gasteiger partial charge in [-0.25, -0.2) is 4.98 Å². The zero-order valence-electron chi connectivity index (χ0n) is 6.05. The van der Waals surface area contributed by atoms with E-state index >= 15 is 0 Å². The molecule has 0 atom stereocenters. The Balaban J connectivity index is 2.48. The van der Waals surface area contributed by atoms with E-state index in [0.717, 1.165) is 5.69 Å². The molecule has 0 saturated carbocycles. The topological polar surface area (TPSA) is 43.6 Å². The van der Waals surface area contributed by atoms with Crippen LogP contribution in [0.3, 0.4) is 0 Å². The Kier molecular flexibility index (Phi) is 1.75. The van der Waals surface area contributed by atoms with E-state index in [2.05, 4.69) is 15.2 Å². The van der Waals surface area contributed by atoms with Crippen LogP contribution in [0.2, 0.25) is 5.15 Å². The third-order valence-electron chi connectivity index (χ3n) is 1.41. The fourth-order valence-electron chi connectivity index (χ4n) is 0.884. The minimum Gasteiger partial charge on any atom is -0.305 e. The molecule has 2 rings (SSSR count). The lowest BCUT2D eigenvalue weighted by Gasteiger charge is -1.98. The largest absolute Gasteiger partial charge is 0.305 e. The Morgan fingerprint density at radius 3 is 3.00 bits per heavy atom. The molecule has 0 amide bonds. The molecule has 0 saturated heterocycles. The van der Waals surface area contributed by atoms with E-state index in [1.165, 1.54) is 0 Å². The maximum Gasteiger partial charge on any atom is 0.153 e. The van der Waals surface area contributed by atoms with Crippen LogP contribution in [0.4, 0.5) is 0 Å². The zero-order chi connectivity index (χ0) is 8.39. The fourth-order valence-corrected chi connectivity index (χ4v) is 1.04. The van der Waals surface area contributed by atoms with Crippen LogP contribution in [0, 0.1) is 0 Å². The van der Waals surface area contributed by atoms with Crippen molar-refractivity contribution in [3.63, 3.8) is 0 Å². The summed E-state index contributed by atoms with van der Waals surface area (Å²) in [6, 6.07) is 1.72. The van der Waals surface area contributed by atoms with E-state index in [1.54, 1.807) is 29.4 Å². The van der Waals surface area contributed by atoms with Crippen LogP contribution in [0.5, 0.6) is 0 Å². The molecular weight excluding hydrogens is 176 g/mol. The second kappa shape index (κ2) is 2.91. The third kappa shape index (κ3) is 1.29. The van der Waals surface area contributed by atoms with E-state index in [9.17, 15) is 0 Å². The molecule has 60 valence electrons. The standard InChI is InChI=1S/C7H5ClN4/c8-7-3-6(4-10-11-7)12-2-1-9-5-12/h1-5H. The van der Waals surface area contributed by atoms with Gasteiger partial charge in [-0.1, -0.05) is 11.6 Å². The summed E-state index contributed by atoms with van der Waals surface area (Å²) in [6.07, 6.45) is 6.79. The summed E-state index contributed by atoms with van der Waals surface area (Å²) < 4.78 is 1.81. The molecule has 0 fully saturated rings. The molecule has 0 aromatic carbocycles. The number of aromatic nitrogens is 4. The van der Waals surface area contributed by atoms with Crippen molar-refractivity contribution in [3.05, 3.63) is 36.1 Å². The van der Waals surface area contributed by atoms with Crippen molar-refractivity contribution in [1.82, 2.24) is 19.7 Å². The number of hydrogen-bond acceptors (Lipinski definition) is 3. The highest BCUT2D eigenvalue weighted by molar-refractivity contribution is 6.29. The molecule has 0 N–H and O–H groups in total. The smallest absolute Gasteiger partial charge is 0.153 e. The highest BCUT2D eigenvalue weighted by atomic mass is 35.5. The number of imidazole rings is 1. The Hall–Kier alpha value is -1.42. The van der Waals surface area contributed by atoms with Gasteiger partial charge in [-0.15, -0.1) is 5.10 Å². The van der Waals surface area contributed by atoms with E-state index in [0.29, 0.717) is 5.15 Å². The van der Waals surface area contributed by atoms with Gasteiger partial charge in [0.05, 0.1) is 18.2 Å². The Labute approximate surface area is 73.8 Å². The second-order valence-electron chi connectivity index (χ2n) is 2.21. The number of hydrogen-bond donors (Lipinski definition) is 0. The summed E-state index contributed by atoms with van der Waals surface area (Å²) >= 11 is 5.65. The molecule has 0 aliphatic rings. The molecule has 4 nitrogen and oxygen atoms in total. The first-order valence-electron chi connectivity index (χ1n) is 3.33. The van der Waals surface area contributed by atoms with Crippen molar-refractivity contribution in [3.8, 4) is 5.69 Å². The highest BCUT2D eigenvalue weighted by Gasteiger charge is 1.96. The summed E-state index contributed by atoms with van der Waals surface area (Å²) in [5, 5.41) is 7.72. The van der Waals surface area contributed by atoms with Gasteiger partial charge in [-0.3, -0.25) is 0 Å². The number of nitrogens with zero attached hydrogens (tertiary/aromatic N) is 4. The molecule has 0 spiro atoms. The molecule has 0 aliphatic heterocycles. The van der Waals surface area contributed by atoms with Crippen molar-refractivity contribution in [2.75, 3.05) is 0 Å². The van der Waals surface area contributed by atoms with Crippen LogP contribution in [0.15, 0.2) is 31.0 Å². The summed E-state index contributed by atoms with van der Waals surface area (Å²) in [7, 11) is 0. The average molecular weight is 181 g/mol. The lowest BCUT2D eigenvalue weighted by molar-refractivity contribution is 0.970. The van der Waals surface area contributed by atoms with Gasteiger partial charge in [0.1, 0.15) is 0 Å². The maximum atomic E-state index is 5.65. The summed E-state index contributed by atoms with van der Waals surface area (Å²) in [4.78, 5) is 3.90. The van der Waals surface area contributed by atoms with Crippen molar-refractivity contribution in [2.45, 2.75) is 0 Å². The van der Waals surface area contributed by atoms with E-state index < -0.39 is 0 Å². The van der Waals surface area contributed by atoms with Crippen LogP contribution >= 0.6 is 11.6 Å². The Morgan fingerprint density at radius 1 is 1.42 bits per heavy atom. The SMILES string of the molecule is Clc1cc(-n2ccnc2)cnn1. The summed E-state index contributed by atoms with van der Waals surface area (Å²) in [5.74, 6) is 0. The molecule has 5 heteroatoms. The maximum absolute atomic E-state index is 5.65. The zero-order valence-corrected chi connectivity index (χ0v) is 6.81. The Bertz CT molecular complexity index is 371. The predicted octanol–water partition coefficient (Wildman–Crippen LogP) is 1.32. The van der Waals surface area contributed by atoms with E-state index in [-0.39, 0.29) is 0 Å². The van der Waals surface area contributed by atoms with Gasteiger partial charge < -0.3 is 4.57 Å². The predicted molar refractivity (Wildman–Crippen MR) is 44.2 cm³/mol. The van der Waals surface area contributed by atoms with Gasteiger partial charge in [0.2, 0.25) is 0 Å². The van der Waals surface area contributed by atoms with Crippen LogP contribution in [0.25, 0.3) is 5.69 Å². The minimum absolute atomic E-state index is 0.376. The van der Waals surface area contributed by atoms with E-state index in [4.69, 9.17) is 11.6 Å². The number of halogens is 1. The molecule has 2 aromatic rings. The lowest BCUT2D eigenvalue weighted by Crippen LogP contribution is -1.92. The van der Waals surface area contributed by atoms with Gasteiger partial charge in [-0.2, -0.15) is 5.10 Å². The second-order valence-corrected chi connectivity index (χ2v) is 2.59. The van der Waals surface area contributed by atoms with Gasteiger partial charge in [0.25, 0.3) is 0 Å². The molecular formula is C7H5ClN4. The van der Waals surface area contributed by atoms with Gasteiger partial charge >= 0.3 is 0 Å². The Morgan fingerprint density at radius 2 is 2.33 bits per heavy atom. The minimum atomic E-state index is 0.376. The molecule has 0 radical (unpaired) electrons. The summed E-state index contributed by atoms with van der Waals surface area (Å²) in [6.45, 7) is 0. The van der Waals surface area contributed by atoms with Crippen LogP contribution < -0.4 is 0 Å². The van der Waals surface area contributed by atoms with Crippen molar-refractivity contribution < 1.29 is 0 Å². The molecule has 0 unspecified atom stereocenters. The fraction of sp³-hybridized carbons (Fsp3) is 0. The first-order valence-corrected chi connectivity index (χ1v) is 3.70. The summed E-state index contributed by atoms with van der Waals surface area (Å²) in [5.41, 5.74) is 0.854. The van der Waals surface area contributed by atoms with Gasteiger partial charge in [0, 0.05) is 18.5 Å². The monoisotopic (exact) mass is 180 g/mol. The van der Waals surface area contributed by atoms with Gasteiger partial charge in [0.15, 0.2) is 5.15 Å². The quantitative estimate of drug-likeness (QED) is 0.665. The molecule has 12 heavy (non-hydrogen) atoms. The normalized spacial score (nSPS) is 10.1. The van der Waals surface area contributed by atoms with Crippen LogP contribution in [-0.2, 0) is 0 Å². The van der Waals surface area contributed by atoms with Crippen molar-refractivity contribution in [1.29, 1.82) is 0 Å². The van der Waals surface area contributed by atoms with Crippen LogP contribution in [-0.4, -0.2) is 19.7 Å². The van der Waals surface area contributed by atoms with E-state index in [1.807, 2.05) is 6.20 Å². The molecule has 2 heterocycles. The third-order valence-corrected chi connectivity index (χ3v) is 1.60. The van der Waals surface area contributed by atoms with Crippen molar-refractivity contribution >= 4 is 11.6 Å². The highest BCUT2D eigenvalue weighted by Crippen LogP contribution is 2.09. The van der Waals surface area contributed by atoms with Gasteiger partial charge in [-0.05, 0) is 0 Å². The number of rotatable bonds is 1. The van der Waals surface area contributed by atoms with Crippen LogP contribution in [0.1, 0.15) is 0 Å². The molecule has 2 aromatic heterocycles. The molecule has 0 aliphatic carbocycles. The average Bonchev–Trinajstić information content (AvgIpc) is 2.56. The van der Waals surface area contributed by atoms with Crippen molar-refractivity contribution in [2.24, 2.45) is 0 Å². The first-order chi connectivity index (χ1) is 5.86. The molecule has 0 bridgehead atoms.